The van der Waals surface area contributed by atoms with Crippen molar-refractivity contribution in [3.8, 4) is 6.07 Å². The van der Waals surface area contributed by atoms with Crippen LogP contribution in [0, 0.1) is 28.6 Å². The Labute approximate surface area is 93.3 Å². The minimum Gasteiger partial charge on any atom is -0.391 e. The lowest BCUT2D eigenvalue weighted by Crippen LogP contribution is -2.40. The molecule has 86 valence electrons. The average Bonchev–Trinajstić information content (AvgIpc) is 2.28. The molecule has 2 nitrogen and oxygen atoms in total. The summed E-state index contributed by atoms with van der Waals surface area (Å²) in [5, 5.41) is 19.4. The maximum atomic E-state index is 10.1. The molecule has 0 bridgehead atoms. The number of hydrogen-bond acceptors (Lipinski definition) is 2. The number of aliphatic hydroxyl groups is 1. The Kier molecular flexibility index (Phi) is 4.16. The summed E-state index contributed by atoms with van der Waals surface area (Å²) in [4.78, 5) is 0. The van der Waals surface area contributed by atoms with Gasteiger partial charge in [-0.15, -0.1) is 0 Å². The molecule has 0 aliphatic heterocycles. The van der Waals surface area contributed by atoms with Crippen molar-refractivity contribution in [3.63, 3.8) is 0 Å². The van der Waals surface area contributed by atoms with Crippen molar-refractivity contribution in [2.75, 3.05) is 0 Å². The predicted octanol–water partition coefficient (Wildman–Crippen LogP) is 3.11. The maximum absolute atomic E-state index is 10.1. The Morgan fingerprint density at radius 3 is 2.27 bits per heavy atom. The van der Waals surface area contributed by atoms with E-state index in [0.717, 1.165) is 31.6 Å². The molecule has 1 fully saturated rings. The Morgan fingerprint density at radius 2 is 1.93 bits per heavy atom. The lowest BCUT2D eigenvalue weighted by Gasteiger charge is -2.39. The third kappa shape index (κ3) is 2.52. The molecule has 0 aromatic rings. The standard InChI is InChI=1S/C13H23NO/c1-4-11-5-7-13(9-14,8-6-11)12(15)10(2)3/h10-12,15H,4-8H2,1-3H3. The van der Waals surface area contributed by atoms with E-state index in [1.165, 1.54) is 6.42 Å². The van der Waals surface area contributed by atoms with Crippen molar-refractivity contribution in [3.05, 3.63) is 0 Å². The maximum Gasteiger partial charge on any atom is 0.0835 e. The number of nitriles is 1. The molecule has 15 heavy (non-hydrogen) atoms. The van der Waals surface area contributed by atoms with Gasteiger partial charge in [-0.3, -0.25) is 0 Å². The van der Waals surface area contributed by atoms with Crippen molar-refractivity contribution >= 4 is 0 Å². The third-order valence-corrected chi connectivity index (χ3v) is 4.00. The second kappa shape index (κ2) is 4.99. The fourth-order valence-corrected chi connectivity index (χ4v) is 2.71. The largest absolute Gasteiger partial charge is 0.391 e. The van der Waals surface area contributed by atoms with E-state index in [-0.39, 0.29) is 5.92 Å². The molecule has 0 aromatic heterocycles. The van der Waals surface area contributed by atoms with Gasteiger partial charge in [-0.1, -0.05) is 27.2 Å². The van der Waals surface area contributed by atoms with Crippen LogP contribution in [0.1, 0.15) is 52.9 Å². The first-order chi connectivity index (χ1) is 7.05. The van der Waals surface area contributed by atoms with Crippen LogP contribution in [-0.4, -0.2) is 11.2 Å². The molecular weight excluding hydrogens is 186 g/mol. The summed E-state index contributed by atoms with van der Waals surface area (Å²) >= 11 is 0. The van der Waals surface area contributed by atoms with Crippen LogP contribution in [0.25, 0.3) is 0 Å². The van der Waals surface area contributed by atoms with Crippen LogP contribution in [-0.2, 0) is 0 Å². The quantitative estimate of drug-likeness (QED) is 0.776. The molecule has 1 saturated carbocycles. The van der Waals surface area contributed by atoms with Gasteiger partial charge in [-0.2, -0.15) is 5.26 Å². The van der Waals surface area contributed by atoms with Crippen LogP contribution in [0.4, 0.5) is 0 Å². The summed E-state index contributed by atoms with van der Waals surface area (Å²) in [6, 6.07) is 2.39. The number of hydrogen-bond donors (Lipinski definition) is 1. The normalized spacial score (nSPS) is 33.7. The van der Waals surface area contributed by atoms with Crippen molar-refractivity contribution in [2.24, 2.45) is 17.3 Å². The van der Waals surface area contributed by atoms with Crippen LogP contribution < -0.4 is 0 Å². The number of aliphatic hydroxyl groups excluding tert-OH is 1. The summed E-state index contributed by atoms with van der Waals surface area (Å²) in [5.41, 5.74) is -0.458. The summed E-state index contributed by atoms with van der Waals surface area (Å²) in [7, 11) is 0. The monoisotopic (exact) mass is 209 g/mol. The molecule has 1 N–H and O–H groups in total. The molecule has 1 unspecified atom stereocenters. The van der Waals surface area contributed by atoms with E-state index in [4.69, 9.17) is 0 Å². The van der Waals surface area contributed by atoms with E-state index in [1.807, 2.05) is 13.8 Å². The molecule has 2 heteroatoms. The summed E-state index contributed by atoms with van der Waals surface area (Å²) in [5.74, 6) is 0.952. The molecule has 0 heterocycles. The van der Waals surface area contributed by atoms with Gasteiger partial charge in [0.05, 0.1) is 17.6 Å². The number of nitrogens with zero attached hydrogens (tertiary/aromatic N) is 1. The SMILES string of the molecule is CCC1CCC(C#N)(C(O)C(C)C)CC1. The van der Waals surface area contributed by atoms with Crippen molar-refractivity contribution in [1.82, 2.24) is 0 Å². The number of rotatable bonds is 3. The molecule has 0 amide bonds. The first-order valence-electron chi connectivity index (χ1n) is 6.15. The zero-order valence-electron chi connectivity index (χ0n) is 10.2. The first kappa shape index (κ1) is 12.5. The molecule has 0 aromatic carbocycles. The molecule has 1 aliphatic carbocycles. The van der Waals surface area contributed by atoms with Gasteiger partial charge >= 0.3 is 0 Å². The minimum atomic E-state index is -0.458. The van der Waals surface area contributed by atoms with Gasteiger partial charge in [-0.05, 0) is 37.5 Å². The lowest BCUT2D eigenvalue weighted by molar-refractivity contribution is -0.00538. The molecule has 0 saturated heterocycles. The molecule has 1 atom stereocenters. The highest BCUT2D eigenvalue weighted by atomic mass is 16.3. The fraction of sp³-hybridized carbons (Fsp3) is 0.923. The van der Waals surface area contributed by atoms with Crippen LogP contribution >= 0.6 is 0 Å². The third-order valence-electron chi connectivity index (χ3n) is 4.00. The van der Waals surface area contributed by atoms with E-state index in [2.05, 4.69) is 13.0 Å². The molecule has 1 rings (SSSR count). The van der Waals surface area contributed by atoms with E-state index in [1.54, 1.807) is 0 Å². The van der Waals surface area contributed by atoms with Gasteiger partial charge in [0.2, 0.25) is 0 Å². The van der Waals surface area contributed by atoms with Crippen molar-refractivity contribution in [2.45, 2.75) is 59.0 Å². The topological polar surface area (TPSA) is 44.0 Å². The lowest BCUT2D eigenvalue weighted by atomic mass is 9.65. The molecular formula is C13H23NO. The van der Waals surface area contributed by atoms with E-state index < -0.39 is 11.5 Å². The highest BCUT2D eigenvalue weighted by Crippen LogP contribution is 2.43. The second-order valence-corrected chi connectivity index (χ2v) is 5.31. The van der Waals surface area contributed by atoms with E-state index in [0.29, 0.717) is 0 Å². The van der Waals surface area contributed by atoms with Gasteiger partial charge < -0.3 is 5.11 Å². The molecule has 1 aliphatic rings. The first-order valence-corrected chi connectivity index (χ1v) is 6.15. The Morgan fingerprint density at radius 1 is 1.40 bits per heavy atom. The highest BCUT2D eigenvalue weighted by Gasteiger charge is 2.42. The fourth-order valence-electron chi connectivity index (χ4n) is 2.71. The van der Waals surface area contributed by atoms with Gasteiger partial charge in [0.25, 0.3) is 0 Å². The van der Waals surface area contributed by atoms with Gasteiger partial charge in [-0.25, -0.2) is 0 Å². The molecule has 0 spiro atoms. The minimum absolute atomic E-state index is 0.183. The van der Waals surface area contributed by atoms with Gasteiger partial charge in [0, 0.05) is 0 Å². The van der Waals surface area contributed by atoms with Crippen LogP contribution in [0.15, 0.2) is 0 Å². The van der Waals surface area contributed by atoms with Crippen molar-refractivity contribution in [1.29, 1.82) is 5.26 Å². The average molecular weight is 209 g/mol. The highest BCUT2D eigenvalue weighted by molar-refractivity contribution is 5.06. The van der Waals surface area contributed by atoms with Crippen molar-refractivity contribution < 1.29 is 5.11 Å². The van der Waals surface area contributed by atoms with E-state index >= 15 is 0 Å². The second-order valence-electron chi connectivity index (χ2n) is 5.31. The van der Waals surface area contributed by atoms with Crippen LogP contribution in [0.3, 0.4) is 0 Å². The Bertz CT molecular complexity index is 233. The summed E-state index contributed by atoms with van der Waals surface area (Å²) in [6.07, 6.45) is 4.71. The van der Waals surface area contributed by atoms with E-state index in [9.17, 15) is 10.4 Å². The smallest absolute Gasteiger partial charge is 0.0835 e. The predicted molar refractivity (Wildman–Crippen MR) is 61.1 cm³/mol. The van der Waals surface area contributed by atoms with Gasteiger partial charge in [0.15, 0.2) is 0 Å². The van der Waals surface area contributed by atoms with Crippen LogP contribution in [0.5, 0.6) is 0 Å². The zero-order chi connectivity index (χ0) is 11.5. The Balaban J connectivity index is 2.69. The van der Waals surface area contributed by atoms with Crippen LogP contribution in [0.2, 0.25) is 0 Å². The summed E-state index contributed by atoms with van der Waals surface area (Å²) < 4.78 is 0. The van der Waals surface area contributed by atoms with Gasteiger partial charge in [0.1, 0.15) is 0 Å². The summed E-state index contributed by atoms with van der Waals surface area (Å²) in [6.45, 7) is 6.20. The zero-order valence-corrected chi connectivity index (χ0v) is 10.2. The Hall–Kier alpha value is -0.550. The molecule has 0 radical (unpaired) electrons.